The fourth-order valence-electron chi connectivity index (χ4n) is 1.57. The molecule has 74 valence electrons. The number of rotatable bonds is 0. The number of fused-ring (bicyclic) bond motifs is 1. The van der Waals surface area contributed by atoms with E-state index in [0.29, 0.717) is 0 Å². The van der Waals surface area contributed by atoms with Crippen molar-refractivity contribution in [2.75, 3.05) is 0 Å². The summed E-state index contributed by atoms with van der Waals surface area (Å²) in [6, 6.07) is 8.10. The standard InChI is InChI=1S/C14H13N/c1-11-6-2-4-8-13(15)10-12-7-3-5-9-14(11)12/h2-10H,1,15H2/b6-2-,8-4-,13-10+. The Kier molecular flexibility index (Phi) is 2.55. The summed E-state index contributed by atoms with van der Waals surface area (Å²) in [5.41, 5.74) is 9.83. The molecule has 0 atom stereocenters. The molecule has 0 bridgehead atoms. The highest BCUT2D eigenvalue weighted by Gasteiger charge is 2.01. The van der Waals surface area contributed by atoms with Gasteiger partial charge in [0.2, 0.25) is 0 Å². The molecule has 0 radical (unpaired) electrons. The predicted molar refractivity (Wildman–Crippen MR) is 65.9 cm³/mol. The molecular weight excluding hydrogens is 182 g/mol. The van der Waals surface area contributed by atoms with Gasteiger partial charge in [0.05, 0.1) is 0 Å². The first-order chi connectivity index (χ1) is 7.27. The molecule has 0 amide bonds. The monoisotopic (exact) mass is 195 g/mol. The zero-order chi connectivity index (χ0) is 10.7. The van der Waals surface area contributed by atoms with Crippen LogP contribution in [0.5, 0.6) is 0 Å². The molecule has 0 unspecified atom stereocenters. The third-order valence-electron chi connectivity index (χ3n) is 2.33. The normalized spacial score (nSPS) is 22.7. The van der Waals surface area contributed by atoms with Crippen molar-refractivity contribution in [3.8, 4) is 0 Å². The molecule has 0 aliphatic heterocycles. The highest BCUT2D eigenvalue weighted by Crippen LogP contribution is 2.21. The highest BCUT2D eigenvalue weighted by molar-refractivity contribution is 5.80. The number of allylic oxidation sites excluding steroid dienone is 5. The molecule has 2 rings (SSSR count). The van der Waals surface area contributed by atoms with Gasteiger partial charge in [-0.25, -0.2) is 0 Å². The maximum atomic E-state index is 5.84. The van der Waals surface area contributed by atoms with E-state index in [-0.39, 0.29) is 0 Å². The smallest absolute Gasteiger partial charge is 0.0320 e. The minimum absolute atomic E-state index is 0.752. The molecular formula is C14H13N. The van der Waals surface area contributed by atoms with Gasteiger partial charge in [-0.15, -0.1) is 0 Å². The molecule has 1 aliphatic rings. The van der Waals surface area contributed by atoms with Crippen LogP contribution in [0.2, 0.25) is 0 Å². The van der Waals surface area contributed by atoms with Crippen molar-refractivity contribution < 1.29 is 0 Å². The van der Waals surface area contributed by atoms with Crippen molar-refractivity contribution >= 4 is 11.6 Å². The van der Waals surface area contributed by atoms with E-state index in [9.17, 15) is 0 Å². The average Bonchev–Trinajstić information content (AvgIpc) is 2.30. The lowest BCUT2D eigenvalue weighted by molar-refractivity contribution is 1.45. The SMILES string of the molecule is C=C1\C=C/C=C\C(N)=C/c2ccccc21. The van der Waals surface area contributed by atoms with Crippen LogP contribution >= 0.6 is 0 Å². The van der Waals surface area contributed by atoms with E-state index in [2.05, 4.69) is 12.6 Å². The minimum atomic E-state index is 0.752. The van der Waals surface area contributed by atoms with Crippen LogP contribution in [-0.2, 0) is 0 Å². The summed E-state index contributed by atoms with van der Waals surface area (Å²) in [7, 11) is 0. The fraction of sp³-hybridized carbons (Fsp3) is 0. The lowest BCUT2D eigenvalue weighted by Gasteiger charge is -2.05. The van der Waals surface area contributed by atoms with E-state index in [1.807, 2.05) is 48.6 Å². The second-order valence-electron chi connectivity index (χ2n) is 3.48. The summed E-state index contributed by atoms with van der Waals surface area (Å²) in [5.74, 6) is 0. The Bertz CT molecular complexity index is 476. The number of benzene rings is 1. The van der Waals surface area contributed by atoms with Gasteiger partial charge in [-0.3, -0.25) is 0 Å². The van der Waals surface area contributed by atoms with Gasteiger partial charge in [0.25, 0.3) is 0 Å². The van der Waals surface area contributed by atoms with Gasteiger partial charge in [0, 0.05) is 5.70 Å². The largest absolute Gasteiger partial charge is 0.399 e. The van der Waals surface area contributed by atoms with Crippen molar-refractivity contribution in [1.82, 2.24) is 0 Å². The van der Waals surface area contributed by atoms with Gasteiger partial charge in [-0.05, 0) is 28.9 Å². The van der Waals surface area contributed by atoms with Crippen LogP contribution in [0.3, 0.4) is 0 Å². The van der Waals surface area contributed by atoms with Crippen LogP contribution in [0, 0.1) is 0 Å². The van der Waals surface area contributed by atoms with Crippen LogP contribution in [0.15, 0.2) is 60.8 Å². The van der Waals surface area contributed by atoms with Crippen LogP contribution in [0.25, 0.3) is 11.6 Å². The molecule has 1 aromatic rings. The van der Waals surface area contributed by atoms with Crippen LogP contribution in [0.4, 0.5) is 0 Å². The van der Waals surface area contributed by atoms with Gasteiger partial charge in [0.15, 0.2) is 0 Å². The first-order valence-electron chi connectivity index (χ1n) is 4.87. The third-order valence-corrected chi connectivity index (χ3v) is 2.33. The summed E-state index contributed by atoms with van der Waals surface area (Å²) >= 11 is 0. The van der Waals surface area contributed by atoms with Crippen LogP contribution in [-0.4, -0.2) is 0 Å². The second-order valence-corrected chi connectivity index (χ2v) is 3.48. The predicted octanol–water partition coefficient (Wildman–Crippen LogP) is 3.13. The van der Waals surface area contributed by atoms with Gasteiger partial charge in [-0.1, -0.05) is 49.1 Å². The van der Waals surface area contributed by atoms with Crippen molar-refractivity contribution in [2.45, 2.75) is 0 Å². The Balaban J connectivity index is 2.62. The zero-order valence-corrected chi connectivity index (χ0v) is 8.48. The maximum absolute atomic E-state index is 5.84. The van der Waals surface area contributed by atoms with Gasteiger partial charge < -0.3 is 5.73 Å². The Morgan fingerprint density at radius 3 is 2.60 bits per heavy atom. The summed E-state index contributed by atoms with van der Waals surface area (Å²) in [6.07, 6.45) is 9.70. The lowest BCUT2D eigenvalue weighted by Crippen LogP contribution is -1.93. The Hall–Kier alpha value is -2.02. The molecule has 0 saturated heterocycles. The summed E-state index contributed by atoms with van der Waals surface area (Å²) in [6.45, 7) is 4.03. The van der Waals surface area contributed by atoms with Gasteiger partial charge in [-0.2, -0.15) is 0 Å². The molecule has 0 fully saturated rings. The molecule has 0 saturated carbocycles. The van der Waals surface area contributed by atoms with Crippen LogP contribution in [0.1, 0.15) is 11.1 Å². The summed E-state index contributed by atoms with van der Waals surface area (Å²) in [4.78, 5) is 0. The van der Waals surface area contributed by atoms with E-state index in [0.717, 1.165) is 22.4 Å². The van der Waals surface area contributed by atoms with E-state index in [4.69, 9.17) is 5.73 Å². The zero-order valence-electron chi connectivity index (χ0n) is 8.48. The molecule has 1 nitrogen and oxygen atoms in total. The molecule has 1 heteroatoms. The summed E-state index contributed by atoms with van der Waals surface area (Å²) < 4.78 is 0. The summed E-state index contributed by atoms with van der Waals surface area (Å²) in [5, 5.41) is 0. The van der Waals surface area contributed by atoms with E-state index < -0.39 is 0 Å². The Labute approximate surface area is 89.9 Å². The van der Waals surface area contributed by atoms with E-state index in [1.165, 1.54) is 0 Å². The first-order valence-corrected chi connectivity index (χ1v) is 4.87. The fourth-order valence-corrected chi connectivity index (χ4v) is 1.57. The van der Waals surface area contributed by atoms with Crippen molar-refractivity contribution in [2.24, 2.45) is 5.73 Å². The molecule has 1 aliphatic carbocycles. The number of hydrogen-bond acceptors (Lipinski definition) is 1. The molecule has 0 heterocycles. The quantitative estimate of drug-likeness (QED) is 0.676. The van der Waals surface area contributed by atoms with E-state index in [1.54, 1.807) is 0 Å². The van der Waals surface area contributed by atoms with Gasteiger partial charge in [0.1, 0.15) is 0 Å². The van der Waals surface area contributed by atoms with Crippen molar-refractivity contribution in [3.63, 3.8) is 0 Å². The number of nitrogens with two attached hydrogens (primary N) is 1. The average molecular weight is 195 g/mol. The second kappa shape index (κ2) is 4.01. The third kappa shape index (κ3) is 2.08. The highest BCUT2D eigenvalue weighted by atomic mass is 14.5. The lowest BCUT2D eigenvalue weighted by atomic mass is 10.0. The number of hydrogen-bond donors (Lipinski definition) is 1. The van der Waals surface area contributed by atoms with Crippen molar-refractivity contribution in [3.05, 3.63) is 72.0 Å². The molecule has 2 N–H and O–H groups in total. The Morgan fingerprint density at radius 2 is 1.73 bits per heavy atom. The topological polar surface area (TPSA) is 26.0 Å². The molecule has 1 aromatic carbocycles. The molecule has 0 spiro atoms. The van der Waals surface area contributed by atoms with E-state index >= 15 is 0 Å². The van der Waals surface area contributed by atoms with Gasteiger partial charge >= 0.3 is 0 Å². The molecule has 0 aromatic heterocycles. The van der Waals surface area contributed by atoms with Crippen molar-refractivity contribution in [1.29, 1.82) is 0 Å². The van der Waals surface area contributed by atoms with Crippen LogP contribution < -0.4 is 5.73 Å². The Morgan fingerprint density at radius 1 is 1.00 bits per heavy atom. The first kappa shape index (κ1) is 9.53. The minimum Gasteiger partial charge on any atom is -0.399 e. The maximum Gasteiger partial charge on any atom is 0.0320 e. The molecule has 15 heavy (non-hydrogen) atoms.